The van der Waals surface area contributed by atoms with Gasteiger partial charge in [0.25, 0.3) is 0 Å². The number of H-pyrrole nitrogens is 1. The van der Waals surface area contributed by atoms with E-state index >= 15 is 0 Å². The van der Waals surface area contributed by atoms with Crippen LogP contribution in [0.15, 0.2) is 45.7 Å². The second kappa shape index (κ2) is 9.34. The van der Waals surface area contributed by atoms with Gasteiger partial charge >= 0.3 is 18.1 Å². The molecule has 0 saturated carbocycles. The lowest BCUT2D eigenvalue weighted by Crippen LogP contribution is -2.26. The van der Waals surface area contributed by atoms with Crippen molar-refractivity contribution in [2.75, 3.05) is 25.2 Å². The maximum absolute atomic E-state index is 13.8. The van der Waals surface area contributed by atoms with E-state index in [4.69, 9.17) is 4.74 Å². The van der Waals surface area contributed by atoms with E-state index < -0.39 is 29.2 Å². The molecule has 0 fully saturated rings. The number of fused-ring (bicyclic) bond motifs is 1. The van der Waals surface area contributed by atoms with E-state index in [1.165, 1.54) is 19.2 Å². The molecule has 0 unspecified atom stereocenters. The number of alkyl halides is 6. The molecule has 0 atom stereocenters. The number of thiazole rings is 1. The minimum atomic E-state index is -4.76. The number of halogens is 6. The van der Waals surface area contributed by atoms with Gasteiger partial charge in [-0.25, -0.2) is 9.78 Å². The van der Waals surface area contributed by atoms with Crippen molar-refractivity contribution in [3.05, 3.63) is 63.6 Å². The molecule has 1 N–H and O–H groups in total. The van der Waals surface area contributed by atoms with Crippen LogP contribution < -0.4 is 10.7 Å². The Morgan fingerprint density at radius 2 is 1.86 bits per heavy atom. The first-order chi connectivity index (χ1) is 16.5. The van der Waals surface area contributed by atoms with Gasteiger partial charge < -0.3 is 9.64 Å². The van der Waals surface area contributed by atoms with Crippen LogP contribution in [0.4, 0.5) is 31.5 Å². The Labute approximate surface area is 196 Å². The third-order valence-electron chi connectivity index (χ3n) is 5.00. The number of rotatable bonds is 7. The highest BCUT2D eigenvalue weighted by Crippen LogP contribution is 2.38. The van der Waals surface area contributed by atoms with Crippen LogP contribution in [-0.2, 0) is 23.6 Å². The Hall–Kier alpha value is -3.39. The van der Waals surface area contributed by atoms with Crippen molar-refractivity contribution in [2.24, 2.45) is 0 Å². The normalized spacial score (nSPS) is 12.4. The molecule has 0 saturated heterocycles. The molecule has 0 aliphatic heterocycles. The summed E-state index contributed by atoms with van der Waals surface area (Å²) in [7, 11) is 1.45. The van der Waals surface area contributed by atoms with E-state index in [9.17, 15) is 31.1 Å². The van der Waals surface area contributed by atoms with Crippen molar-refractivity contribution in [2.45, 2.75) is 18.9 Å². The molecule has 4 rings (SSSR count). The molecule has 186 valence electrons. The lowest BCUT2D eigenvalue weighted by Gasteiger charge is -2.22. The summed E-state index contributed by atoms with van der Waals surface area (Å²) in [5, 5.41) is 3.66. The fraction of sp³-hybridized carbons (Fsp3) is 0.286. The number of methoxy groups -OCH3 is 1. The number of nitrogens with zero attached hydrogens (tertiary/aromatic N) is 3. The van der Waals surface area contributed by atoms with Gasteiger partial charge in [-0.2, -0.15) is 26.3 Å². The van der Waals surface area contributed by atoms with Crippen molar-refractivity contribution >= 4 is 26.7 Å². The smallest absolute Gasteiger partial charge is 0.383 e. The van der Waals surface area contributed by atoms with Gasteiger partial charge in [0, 0.05) is 25.8 Å². The standard InChI is InChI=1S/C21H16F6N4O3S/c1-33-7-6-31(18-28-15-5-3-12(20(22,23)24)9-16(15)35-18)10-11-2-4-13(14(8-11)21(25,26)27)17-29-19(32)34-30-17/h2-5,8-9H,6-7,10H2,1H3,(H,29,30,32). The average molecular weight is 518 g/mol. The minimum Gasteiger partial charge on any atom is -0.383 e. The molecule has 0 amide bonds. The fourth-order valence-electron chi connectivity index (χ4n) is 3.36. The minimum absolute atomic E-state index is 0.0337. The molecule has 0 aliphatic rings. The highest BCUT2D eigenvalue weighted by molar-refractivity contribution is 7.22. The van der Waals surface area contributed by atoms with E-state index in [0.29, 0.717) is 15.3 Å². The largest absolute Gasteiger partial charge is 0.439 e. The number of ether oxygens (including phenoxy) is 1. The van der Waals surface area contributed by atoms with Gasteiger partial charge in [-0.3, -0.25) is 9.51 Å². The zero-order valence-corrected chi connectivity index (χ0v) is 18.6. The molecule has 14 heteroatoms. The van der Waals surface area contributed by atoms with Crippen LogP contribution in [0, 0.1) is 0 Å². The van der Waals surface area contributed by atoms with Crippen molar-refractivity contribution in [3.8, 4) is 11.4 Å². The quantitative estimate of drug-likeness (QED) is 0.333. The number of aromatic amines is 1. The molecule has 0 aliphatic carbocycles. The molecule has 2 heterocycles. The number of aromatic nitrogens is 3. The van der Waals surface area contributed by atoms with Gasteiger partial charge in [-0.05, 0) is 29.8 Å². The fourth-order valence-corrected chi connectivity index (χ4v) is 4.39. The van der Waals surface area contributed by atoms with Crippen molar-refractivity contribution in [1.82, 2.24) is 15.1 Å². The maximum atomic E-state index is 13.8. The van der Waals surface area contributed by atoms with Crippen LogP contribution in [0.25, 0.3) is 21.6 Å². The Morgan fingerprint density at radius 3 is 2.49 bits per heavy atom. The summed E-state index contributed by atoms with van der Waals surface area (Å²) in [5.74, 6) is -1.36. The number of anilines is 1. The average Bonchev–Trinajstić information content (AvgIpc) is 3.41. The van der Waals surface area contributed by atoms with E-state index in [1.807, 2.05) is 0 Å². The van der Waals surface area contributed by atoms with E-state index in [1.54, 1.807) is 4.90 Å². The second-order valence-electron chi connectivity index (χ2n) is 7.41. The van der Waals surface area contributed by atoms with Crippen LogP contribution in [0.1, 0.15) is 16.7 Å². The van der Waals surface area contributed by atoms with Crippen LogP contribution in [0.5, 0.6) is 0 Å². The lowest BCUT2D eigenvalue weighted by atomic mass is 10.0. The van der Waals surface area contributed by atoms with Gasteiger partial charge in [0.1, 0.15) is 0 Å². The summed E-state index contributed by atoms with van der Waals surface area (Å²) < 4.78 is 90.2. The Balaban J connectivity index is 1.70. The van der Waals surface area contributed by atoms with Gasteiger partial charge in [-0.15, -0.1) is 0 Å². The lowest BCUT2D eigenvalue weighted by molar-refractivity contribution is -0.138. The first-order valence-corrected chi connectivity index (χ1v) is 10.8. The third-order valence-corrected chi connectivity index (χ3v) is 6.08. The Bertz CT molecular complexity index is 1390. The third kappa shape index (κ3) is 5.48. The summed E-state index contributed by atoms with van der Waals surface area (Å²) in [6.45, 7) is 0.393. The summed E-state index contributed by atoms with van der Waals surface area (Å²) in [6, 6.07) is 6.66. The predicted molar refractivity (Wildman–Crippen MR) is 115 cm³/mol. The molecule has 0 spiro atoms. The monoisotopic (exact) mass is 518 g/mol. The SMILES string of the molecule is COCCN(Cc1ccc(-c2noc(=O)[nH]2)c(C(F)(F)F)c1)c1nc2ccc(C(F)(F)F)cc2s1. The molecule has 0 radical (unpaired) electrons. The summed E-state index contributed by atoms with van der Waals surface area (Å²) >= 11 is 0.993. The first kappa shape index (κ1) is 24.7. The van der Waals surface area contributed by atoms with E-state index in [0.717, 1.165) is 35.6 Å². The molecule has 0 bridgehead atoms. The van der Waals surface area contributed by atoms with Crippen molar-refractivity contribution in [3.63, 3.8) is 0 Å². The zero-order chi connectivity index (χ0) is 25.4. The molecule has 2 aromatic heterocycles. The highest BCUT2D eigenvalue weighted by atomic mass is 32.1. The van der Waals surface area contributed by atoms with Crippen LogP contribution in [0.3, 0.4) is 0 Å². The van der Waals surface area contributed by atoms with Crippen molar-refractivity contribution in [1.29, 1.82) is 0 Å². The van der Waals surface area contributed by atoms with Crippen LogP contribution in [-0.4, -0.2) is 35.4 Å². The number of hydrogen-bond acceptors (Lipinski definition) is 7. The van der Waals surface area contributed by atoms with E-state index in [2.05, 4.69) is 19.6 Å². The van der Waals surface area contributed by atoms with Gasteiger partial charge in [-0.1, -0.05) is 28.6 Å². The van der Waals surface area contributed by atoms with Gasteiger partial charge in [0.2, 0.25) is 0 Å². The molecule has 2 aromatic carbocycles. The molecular formula is C21H16F6N4O3S. The molecular weight excluding hydrogens is 502 g/mol. The van der Waals surface area contributed by atoms with E-state index in [-0.39, 0.29) is 36.6 Å². The van der Waals surface area contributed by atoms with Crippen LogP contribution in [0.2, 0.25) is 0 Å². The second-order valence-corrected chi connectivity index (χ2v) is 8.42. The molecule has 4 aromatic rings. The Kier molecular flexibility index (Phi) is 6.60. The van der Waals surface area contributed by atoms with Crippen molar-refractivity contribution < 1.29 is 35.6 Å². The highest BCUT2D eigenvalue weighted by Gasteiger charge is 2.35. The Morgan fingerprint density at radius 1 is 1.09 bits per heavy atom. The summed E-state index contributed by atoms with van der Waals surface area (Å²) in [4.78, 5) is 19.3. The number of benzene rings is 2. The van der Waals surface area contributed by atoms with Gasteiger partial charge in [0.05, 0.1) is 28.0 Å². The molecule has 7 nitrogen and oxygen atoms in total. The number of hydrogen-bond donors (Lipinski definition) is 1. The summed E-state index contributed by atoms with van der Waals surface area (Å²) in [6.07, 6.45) is -9.28. The zero-order valence-electron chi connectivity index (χ0n) is 17.8. The first-order valence-electron chi connectivity index (χ1n) is 9.94. The number of nitrogens with one attached hydrogen (secondary N) is 1. The summed E-state index contributed by atoms with van der Waals surface area (Å²) in [5.41, 5.74) is -1.64. The van der Waals surface area contributed by atoms with Crippen LogP contribution >= 0.6 is 11.3 Å². The molecule has 35 heavy (non-hydrogen) atoms. The van der Waals surface area contributed by atoms with Gasteiger partial charge in [0.15, 0.2) is 11.0 Å². The topological polar surface area (TPSA) is 84.2 Å². The predicted octanol–water partition coefficient (Wildman–Crippen LogP) is 5.33. The maximum Gasteiger partial charge on any atom is 0.439 e.